The lowest BCUT2D eigenvalue weighted by Gasteiger charge is -2.34. The molecule has 1 atom stereocenters. The number of aliphatic imine (C=N–C) groups is 1. The number of hydrogen-bond donors (Lipinski definition) is 0. The van der Waals surface area contributed by atoms with Crippen molar-refractivity contribution >= 4 is 34.5 Å². The number of alkyl halides is 3. The number of carbonyl (C=O) groups excluding carboxylic acids is 1. The number of carbonyl (C=O) groups is 1. The number of amides is 1. The number of likely N-dealkylation sites (tertiary alicyclic amines) is 1. The summed E-state index contributed by atoms with van der Waals surface area (Å²) in [6.45, 7) is 11.2. The first-order valence-corrected chi connectivity index (χ1v) is 11.8. The van der Waals surface area contributed by atoms with Crippen LogP contribution in [0.3, 0.4) is 0 Å². The van der Waals surface area contributed by atoms with Crippen LogP contribution in [0.4, 0.5) is 13.2 Å². The molecule has 1 saturated heterocycles. The lowest BCUT2D eigenvalue weighted by atomic mass is 9.86. The maximum absolute atomic E-state index is 13.0. The second-order valence-corrected chi connectivity index (χ2v) is 11.2. The summed E-state index contributed by atoms with van der Waals surface area (Å²) < 4.78 is 39.1. The van der Waals surface area contributed by atoms with Gasteiger partial charge in [-0.15, -0.1) is 11.8 Å². The van der Waals surface area contributed by atoms with Gasteiger partial charge in [0.2, 0.25) is 5.91 Å². The minimum Gasteiger partial charge on any atom is -0.343 e. The highest BCUT2D eigenvalue weighted by molar-refractivity contribution is 8.14. The van der Waals surface area contributed by atoms with E-state index in [9.17, 15) is 18.0 Å². The van der Waals surface area contributed by atoms with Crippen LogP contribution in [0.1, 0.15) is 58.6 Å². The smallest absolute Gasteiger partial charge is 0.343 e. The predicted molar refractivity (Wildman–Crippen MR) is 122 cm³/mol. The van der Waals surface area contributed by atoms with Crippen molar-refractivity contribution in [2.45, 2.75) is 68.5 Å². The van der Waals surface area contributed by atoms with E-state index in [1.165, 1.54) is 0 Å². The molecule has 168 valence electrons. The number of rotatable bonds is 4. The molecule has 0 spiro atoms. The van der Waals surface area contributed by atoms with E-state index < -0.39 is 5.51 Å². The number of halogens is 3. The van der Waals surface area contributed by atoms with Gasteiger partial charge in [-0.25, -0.2) is 0 Å². The fourth-order valence-corrected chi connectivity index (χ4v) is 5.37. The highest BCUT2D eigenvalue weighted by Gasteiger charge is 2.31. The van der Waals surface area contributed by atoms with Gasteiger partial charge >= 0.3 is 5.51 Å². The number of piperidine rings is 1. The van der Waals surface area contributed by atoms with Crippen LogP contribution in [0.15, 0.2) is 28.1 Å². The quantitative estimate of drug-likeness (QED) is 0.298. The number of thioether (sulfide) groups is 2. The van der Waals surface area contributed by atoms with Crippen molar-refractivity contribution < 1.29 is 18.0 Å². The minimum atomic E-state index is -4.33. The Labute approximate surface area is 186 Å². The summed E-state index contributed by atoms with van der Waals surface area (Å²) in [5.74, 6) is 0.551. The van der Waals surface area contributed by atoms with E-state index >= 15 is 0 Å². The first-order chi connectivity index (χ1) is 13.8. The summed E-state index contributed by atoms with van der Waals surface area (Å²) in [6.07, 6.45) is 1.86. The fourth-order valence-electron chi connectivity index (χ4n) is 3.55. The van der Waals surface area contributed by atoms with Crippen molar-refractivity contribution in [3.05, 3.63) is 29.3 Å². The molecule has 1 amide bonds. The Morgan fingerprint density at radius 2 is 1.77 bits per heavy atom. The van der Waals surface area contributed by atoms with Gasteiger partial charge in [0.05, 0.1) is 5.04 Å². The van der Waals surface area contributed by atoms with Crippen LogP contribution < -0.4 is 0 Å². The van der Waals surface area contributed by atoms with Crippen molar-refractivity contribution in [1.82, 2.24) is 4.90 Å². The predicted octanol–water partition coefficient (Wildman–Crippen LogP) is 6.35. The molecule has 1 fully saturated rings. The van der Waals surface area contributed by atoms with Crippen LogP contribution in [0.25, 0.3) is 0 Å². The molecule has 0 aromatic heterocycles. The van der Waals surface area contributed by atoms with Crippen molar-refractivity contribution in [3.63, 3.8) is 0 Å². The summed E-state index contributed by atoms with van der Waals surface area (Å²) in [7, 11) is 1.69. The maximum Gasteiger partial charge on any atom is 0.446 e. The van der Waals surface area contributed by atoms with Crippen molar-refractivity contribution in [3.8, 4) is 0 Å². The summed E-state index contributed by atoms with van der Waals surface area (Å²) in [5, 5.41) is 1.02. The van der Waals surface area contributed by atoms with Crippen molar-refractivity contribution in [2.24, 2.45) is 10.9 Å². The molecule has 3 nitrogen and oxygen atoms in total. The molecule has 8 heteroatoms. The van der Waals surface area contributed by atoms with Crippen LogP contribution in [-0.2, 0) is 10.2 Å². The Hall–Kier alpha value is -1.15. The average Bonchev–Trinajstić information content (AvgIpc) is 2.63. The molecule has 2 rings (SSSR count). The zero-order valence-electron chi connectivity index (χ0n) is 18.5. The van der Waals surface area contributed by atoms with Gasteiger partial charge in [0, 0.05) is 42.8 Å². The van der Waals surface area contributed by atoms with Crippen LogP contribution >= 0.6 is 23.5 Å². The van der Waals surface area contributed by atoms with Crippen LogP contribution in [0.5, 0.6) is 0 Å². The van der Waals surface area contributed by atoms with Gasteiger partial charge in [0.25, 0.3) is 0 Å². The minimum absolute atomic E-state index is 0.0788. The third kappa shape index (κ3) is 7.22. The molecule has 1 aromatic carbocycles. The van der Waals surface area contributed by atoms with Gasteiger partial charge < -0.3 is 4.90 Å². The van der Waals surface area contributed by atoms with Gasteiger partial charge in [-0.2, -0.15) is 13.2 Å². The molecule has 30 heavy (non-hydrogen) atoms. The van der Waals surface area contributed by atoms with E-state index in [0.29, 0.717) is 5.92 Å². The lowest BCUT2D eigenvalue weighted by molar-refractivity contribution is -0.130. The Bertz CT molecular complexity index is 780. The lowest BCUT2D eigenvalue weighted by Crippen LogP contribution is -2.39. The molecular formula is C22H31F3N2OS2. The number of hydrogen-bond acceptors (Lipinski definition) is 4. The van der Waals surface area contributed by atoms with Crippen LogP contribution in [-0.4, -0.2) is 46.7 Å². The number of benzene rings is 1. The van der Waals surface area contributed by atoms with E-state index in [1.54, 1.807) is 37.9 Å². The van der Waals surface area contributed by atoms with Gasteiger partial charge in [-0.05, 0) is 59.7 Å². The van der Waals surface area contributed by atoms with Crippen molar-refractivity contribution in [1.29, 1.82) is 0 Å². The molecule has 1 aromatic rings. The van der Waals surface area contributed by atoms with Crippen LogP contribution in [0, 0.1) is 5.92 Å². The molecule has 1 aliphatic rings. The van der Waals surface area contributed by atoms with E-state index in [4.69, 9.17) is 0 Å². The Morgan fingerprint density at radius 3 is 2.23 bits per heavy atom. The first kappa shape index (κ1) is 25.1. The van der Waals surface area contributed by atoms with E-state index in [1.807, 2.05) is 31.7 Å². The highest BCUT2D eigenvalue weighted by atomic mass is 32.2. The molecule has 1 aliphatic heterocycles. The summed E-state index contributed by atoms with van der Waals surface area (Å²) in [4.78, 5) is 18.0. The maximum atomic E-state index is 13.0. The highest BCUT2D eigenvalue weighted by Crippen LogP contribution is 2.40. The molecule has 0 N–H and O–H groups in total. The summed E-state index contributed by atoms with van der Waals surface area (Å²) >= 11 is 1.54. The van der Waals surface area contributed by atoms with E-state index in [-0.39, 0.29) is 33.2 Å². The van der Waals surface area contributed by atoms with Gasteiger partial charge in [-0.3, -0.25) is 9.79 Å². The molecule has 0 saturated carbocycles. The van der Waals surface area contributed by atoms with Crippen LogP contribution in [0.2, 0.25) is 0 Å². The molecule has 1 unspecified atom stereocenters. The average molecular weight is 461 g/mol. The standard InChI is InChI=1S/C22H31F3N2OS2/c1-14(16-7-9-27(10-8-16)15(2)28)29-20(26-6)17-11-18(21(3,4)5)13-19(12-17)30-22(23,24)25/h11-14,16H,7-10H2,1-6H3. The molecule has 0 bridgehead atoms. The Kier molecular flexibility index (Phi) is 8.36. The third-order valence-corrected chi connectivity index (χ3v) is 7.50. The number of nitrogens with zero attached hydrogens (tertiary/aromatic N) is 2. The zero-order chi connectivity index (χ0) is 22.7. The summed E-state index contributed by atoms with van der Waals surface area (Å²) in [5.41, 5.74) is -3.01. The largest absolute Gasteiger partial charge is 0.446 e. The second-order valence-electron chi connectivity index (χ2n) is 8.74. The first-order valence-electron chi connectivity index (χ1n) is 10.1. The molecule has 0 radical (unpaired) electrons. The molecule has 1 heterocycles. The van der Waals surface area contributed by atoms with Gasteiger partial charge in [-0.1, -0.05) is 27.7 Å². The monoisotopic (exact) mass is 460 g/mol. The Balaban J connectivity index is 2.22. The topological polar surface area (TPSA) is 32.7 Å². The SMILES string of the molecule is CN=C(SC(C)C1CCN(C(C)=O)CC1)c1cc(SC(F)(F)F)cc(C(C)(C)C)c1. The van der Waals surface area contributed by atoms with Gasteiger partial charge in [0.1, 0.15) is 0 Å². The van der Waals surface area contributed by atoms with Gasteiger partial charge in [0.15, 0.2) is 0 Å². The third-order valence-electron chi connectivity index (χ3n) is 5.40. The zero-order valence-corrected chi connectivity index (χ0v) is 20.1. The van der Waals surface area contributed by atoms with E-state index in [0.717, 1.165) is 42.1 Å². The van der Waals surface area contributed by atoms with E-state index in [2.05, 4.69) is 11.9 Å². The summed E-state index contributed by atoms with van der Waals surface area (Å²) in [6, 6.07) is 5.18. The second kappa shape index (κ2) is 9.98. The fraction of sp³-hybridized carbons (Fsp3) is 0.636. The molecular weight excluding hydrogens is 429 g/mol. The van der Waals surface area contributed by atoms with Crippen molar-refractivity contribution in [2.75, 3.05) is 20.1 Å². The normalized spacial score (nSPS) is 17.9. The Morgan fingerprint density at radius 1 is 1.17 bits per heavy atom. The molecule has 0 aliphatic carbocycles.